The quantitative estimate of drug-likeness (QED) is 0.822. The van der Waals surface area contributed by atoms with E-state index in [-0.39, 0.29) is 30.2 Å². The summed E-state index contributed by atoms with van der Waals surface area (Å²) in [6, 6.07) is 5.48. The van der Waals surface area contributed by atoms with Crippen LogP contribution < -0.4 is 25.0 Å². The van der Waals surface area contributed by atoms with Crippen LogP contribution in [0.1, 0.15) is 12.8 Å². The first kappa shape index (κ1) is 16.6. The molecule has 2 amide bonds. The minimum atomic E-state index is -0.324. The average Bonchev–Trinajstić information content (AvgIpc) is 3.23. The van der Waals surface area contributed by atoms with Gasteiger partial charge in [-0.25, -0.2) is 0 Å². The van der Waals surface area contributed by atoms with Gasteiger partial charge in [-0.15, -0.1) is 0 Å². The highest BCUT2D eigenvalue weighted by Crippen LogP contribution is 2.32. The predicted molar refractivity (Wildman–Crippen MR) is 89.4 cm³/mol. The van der Waals surface area contributed by atoms with E-state index in [2.05, 4.69) is 10.6 Å². The molecule has 2 aliphatic heterocycles. The topological polar surface area (TPSA) is 79.9 Å². The van der Waals surface area contributed by atoms with Crippen molar-refractivity contribution in [1.29, 1.82) is 0 Å². The Morgan fingerprint density at radius 1 is 1.25 bits per heavy atom. The highest BCUT2D eigenvalue weighted by atomic mass is 16.5. The van der Waals surface area contributed by atoms with E-state index in [1.807, 2.05) is 0 Å². The van der Waals surface area contributed by atoms with E-state index in [1.54, 1.807) is 37.3 Å². The summed E-state index contributed by atoms with van der Waals surface area (Å²) in [7, 11) is 3.13. The van der Waals surface area contributed by atoms with E-state index in [1.165, 1.54) is 0 Å². The van der Waals surface area contributed by atoms with Crippen molar-refractivity contribution in [1.82, 2.24) is 10.6 Å². The summed E-state index contributed by atoms with van der Waals surface area (Å²) >= 11 is 0. The van der Waals surface area contributed by atoms with Gasteiger partial charge in [-0.1, -0.05) is 0 Å². The summed E-state index contributed by atoms with van der Waals surface area (Å²) in [5, 5.41) is 6.25. The molecule has 7 nitrogen and oxygen atoms in total. The van der Waals surface area contributed by atoms with Crippen LogP contribution in [-0.2, 0) is 9.59 Å². The number of nitrogens with zero attached hydrogens (tertiary/aromatic N) is 1. The number of hydrogen-bond donors (Lipinski definition) is 2. The lowest BCUT2D eigenvalue weighted by atomic mass is 10.1. The van der Waals surface area contributed by atoms with Crippen LogP contribution in [-0.4, -0.2) is 51.7 Å². The Balaban J connectivity index is 1.71. The Hall–Kier alpha value is -2.28. The van der Waals surface area contributed by atoms with E-state index < -0.39 is 0 Å². The van der Waals surface area contributed by atoms with Gasteiger partial charge in [0.15, 0.2) is 0 Å². The lowest BCUT2D eigenvalue weighted by Gasteiger charge is -2.19. The third kappa shape index (κ3) is 3.46. The molecule has 0 bridgehead atoms. The summed E-state index contributed by atoms with van der Waals surface area (Å²) < 4.78 is 10.5. The summed E-state index contributed by atoms with van der Waals surface area (Å²) in [6.07, 6.45) is 1.16. The number of carbonyl (C=O) groups excluding carboxylic acids is 2. The number of rotatable bonds is 5. The molecule has 2 fully saturated rings. The third-order valence-corrected chi connectivity index (χ3v) is 4.55. The Kier molecular flexibility index (Phi) is 4.89. The fourth-order valence-corrected chi connectivity index (χ4v) is 3.18. The number of hydrogen-bond acceptors (Lipinski definition) is 5. The third-order valence-electron chi connectivity index (χ3n) is 4.55. The number of carbonyl (C=O) groups is 2. The summed E-state index contributed by atoms with van der Waals surface area (Å²) in [6.45, 7) is 2.09. The van der Waals surface area contributed by atoms with E-state index in [0.29, 0.717) is 23.7 Å². The second kappa shape index (κ2) is 7.09. The molecule has 0 saturated carbocycles. The van der Waals surface area contributed by atoms with Gasteiger partial charge < -0.3 is 25.0 Å². The molecular weight excluding hydrogens is 310 g/mol. The number of ether oxygens (including phenoxy) is 2. The van der Waals surface area contributed by atoms with Crippen LogP contribution in [0.2, 0.25) is 0 Å². The summed E-state index contributed by atoms with van der Waals surface area (Å²) in [5.41, 5.74) is 0.689. The smallest absolute Gasteiger partial charge is 0.227 e. The van der Waals surface area contributed by atoms with Crippen molar-refractivity contribution in [3.63, 3.8) is 0 Å². The number of nitrogens with one attached hydrogen (secondary N) is 2. The standard InChI is InChI=1S/C17H23N3O4/c1-23-14-6-13(7-15(8-14)24-2)20-10-11(5-16(20)21)17(22)19-12-3-4-18-9-12/h6-8,11-12,18H,3-5,9-10H2,1-2H3,(H,19,22). The molecule has 2 heterocycles. The summed E-state index contributed by atoms with van der Waals surface area (Å²) in [4.78, 5) is 26.4. The van der Waals surface area contributed by atoms with Gasteiger partial charge in [0.1, 0.15) is 11.5 Å². The molecule has 0 aliphatic carbocycles. The molecule has 3 rings (SSSR count). The number of anilines is 1. The van der Waals surface area contributed by atoms with Gasteiger partial charge >= 0.3 is 0 Å². The molecule has 2 saturated heterocycles. The highest BCUT2D eigenvalue weighted by molar-refractivity contribution is 6.00. The van der Waals surface area contributed by atoms with Gasteiger partial charge in [-0.2, -0.15) is 0 Å². The lowest BCUT2D eigenvalue weighted by Crippen LogP contribution is -2.40. The molecule has 1 aromatic rings. The minimum absolute atomic E-state index is 0.0468. The van der Waals surface area contributed by atoms with E-state index in [9.17, 15) is 9.59 Å². The minimum Gasteiger partial charge on any atom is -0.497 e. The molecule has 130 valence electrons. The van der Waals surface area contributed by atoms with Crippen LogP contribution >= 0.6 is 0 Å². The van der Waals surface area contributed by atoms with Crippen LogP contribution in [0.5, 0.6) is 11.5 Å². The molecule has 0 spiro atoms. The zero-order valence-electron chi connectivity index (χ0n) is 14.0. The van der Waals surface area contributed by atoms with Crippen molar-refractivity contribution in [2.24, 2.45) is 5.92 Å². The molecule has 2 atom stereocenters. The Morgan fingerprint density at radius 3 is 2.54 bits per heavy atom. The SMILES string of the molecule is COc1cc(OC)cc(N2CC(C(=O)NC3CCNC3)CC2=O)c1. The highest BCUT2D eigenvalue weighted by Gasteiger charge is 2.36. The Bertz CT molecular complexity index is 606. The molecule has 1 aromatic carbocycles. The van der Waals surface area contributed by atoms with Crippen molar-refractivity contribution in [2.75, 3.05) is 38.8 Å². The van der Waals surface area contributed by atoms with E-state index in [0.717, 1.165) is 19.5 Å². The van der Waals surface area contributed by atoms with Crippen LogP contribution in [0.3, 0.4) is 0 Å². The lowest BCUT2D eigenvalue weighted by molar-refractivity contribution is -0.126. The zero-order chi connectivity index (χ0) is 17.1. The van der Waals surface area contributed by atoms with Crippen LogP contribution in [0.25, 0.3) is 0 Å². The molecule has 7 heteroatoms. The first-order chi connectivity index (χ1) is 11.6. The molecular formula is C17H23N3O4. The second-order valence-electron chi connectivity index (χ2n) is 6.17. The normalized spacial score (nSPS) is 23.4. The van der Waals surface area contributed by atoms with E-state index >= 15 is 0 Å². The van der Waals surface area contributed by atoms with E-state index in [4.69, 9.17) is 9.47 Å². The van der Waals surface area contributed by atoms with Crippen molar-refractivity contribution in [3.05, 3.63) is 18.2 Å². The van der Waals surface area contributed by atoms with Gasteiger partial charge in [0, 0.05) is 43.8 Å². The molecule has 0 aromatic heterocycles. The van der Waals surface area contributed by atoms with Gasteiger partial charge in [-0.05, 0) is 13.0 Å². The van der Waals surface area contributed by atoms with Crippen molar-refractivity contribution in [3.8, 4) is 11.5 Å². The fraction of sp³-hybridized carbons (Fsp3) is 0.529. The van der Waals surface area contributed by atoms with Crippen molar-refractivity contribution >= 4 is 17.5 Å². The Morgan fingerprint density at radius 2 is 1.96 bits per heavy atom. The molecule has 2 unspecified atom stereocenters. The van der Waals surface area contributed by atoms with Crippen LogP contribution in [0, 0.1) is 5.92 Å². The number of amides is 2. The maximum absolute atomic E-state index is 12.4. The van der Waals surface area contributed by atoms with Crippen molar-refractivity contribution < 1.29 is 19.1 Å². The molecule has 24 heavy (non-hydrogen) atoms. The van der Waals surface area contributed by atoms with Gasteiger partial charge in [0.25, 0.3) is 0 Å². The number of methoxy groups -OCH3 is 2. The molecule has 2 aliphatic rings. The fourth-order valence-electron chi connectivity index (χ4n) is 3.18. The van der Waals surface area contributed by atoms with Gasteiger partial charge in [-0.3, -0.25) is 9.59 Å². The van der Waals surface area contributed by atoms with Crippen LogP contribution in [0.4, 0.5) is 5.69 Å². The number of benzene rings is 1. The first-order valence-corrected chi connectivity index (χ1v) is 8.15. The second-order valence-corrected chi connectivity index (χ2v) is 6.17. The summed E-state index contributed by atoms with van der Waals surface area (Å²) in [5.74, 6) is 0.795. The Labute approximate surface area is 141 Å². The van der Waals surface area contributed by atoms with Gasteiger partial charge in [0.2, 0.25) is 11.8 Å². The zero-order valence-corrected chi connectivity index (χ0v) is 14.0. The largest absolute Gasteiger partial charge is 0.497 e. The molecule has 0 radical (unpaired) electrons. The predicted octanol–water partition coefficient (Wildman–Crippen LogP) is 0.535. The maximum atomic E-state index is 12.4. The molecule has 2 N–H and O–H groups in total. The monoisotopic (exact) mass is 333 g/mol. The maximum Gasteiger partial charge on any atom is 0.227 e. The van der Waals surface area contributed by atoms with Crippen molar-refractivity contribution in [2.45, 2.75) is 18.9 Å². The first-order valence-electron chi connectivity index (χ1n) is 8.15. The van der Waals surface area contributed by atoms with Crippen LogP contribution in [0.15, 0.2) is 18.2 Å². The van der Waals surface area contributed by atoms with Gasteiger partial charge in [0.05, 0.1) is 25.8 Å². The average molecular weight is 333 g/mol.